The maximum Gasteiger partial charge on any atom is 0.219 e. The van der Waals surface area contributed by atoms with Crippen LogP contribution in [0.15, 0.2) is 9.98 Å². The van der Waals surface area contributed by atoms with E-state index in [4.69, 9.17) is 27.0 Å². The molecule has 1 fully saturated rings. The normalized spacial score (nSPS) is 27.6. The zero-order chi connectivity index (χ0) is 10.6. The first-order valence-electron chi connectivity index (χ1n) is 4.21. The zero-order valence-corrected chi connectivity index (χ0v) is 7.81. The average Bonchev–Trinajstić information content (AvgIpc) is 2.52. The lowest BCUT2D eigenvalue weighted by molar-refractivity contribution is 0.144. The summed E-state index contributed by atoms with van der Waals surface area (Å²) in [6.45, 7) is 0.761. The Bertz CT molecular complexity index is 253. The van der Waals surface area contributed by atoms with E-state index in [0.717, 1.165) is 0 Å². The van der Waals surface area contributed by atoms with Crippen molar-refractivity contribution in [3.63, 3.8) is 0 Å². The first-order chi connectivity index (χ1) is 6.58. The highest BCUT2D eigenvalue weighted by Crippen LogP contribution is 2.22. The fourth-order valence-corrected chi connectivity index (χ4v) is 1.24. The van der Waals surface area contributed by atoms with Crippen molar-refractivity contribution >= 4 is 11.9 Å². The highest BCUT2D eigenvalue weighted by Gasteiger charge is 2.34. The summed E-state index contributed by atoms with van der Waals surface area (Å²) >= 11 is 0. The van der Waals surface area contributed by atoms with Gasteiger partial charge in [0.15, 0.2) is 5.96 Å². The minimum absolute atomic E-state index is 0.0375. The topological polar surface area (TPSA) is 132 Å². The molecule has 0 aliphatic carbocycles. The molecule has 1 aliphatic rings. The van der Waals surface area contributed by atoms with E-state index in [1.54, 1.807) is 0 Å². The van der Waals surface area contributed by atoms with E-state index in [1.807, 2.05) is 0 Å². The molecular formula is C7H15N5O2. The number of guanidine groups is 2. The van der Waals surface area contributed by atoms with Crippen LogP contribution in [0.5, 0.6) is 0 Å². The van der Waals surface area contributed by atoms with Gasteiger partial charge in [-0.3, -0.25) is 0 Å². The third-order valence-corrected chi connectivity index (χ3v) is 1.97. The maximum absolute atomic E-state index is 9.15. The Balaban J connectivity index is 2.76. The fourth-order valence-electron chi connectivity index (χ4n) is 1.24. The van der Waals surface area contributed by atoms with Crippen LogP contribution >= 0.6 is 0 Å². The van der Waals surface area contributed by atoms with Gasteiger partial charge in [-0.1, -0.05) is 0 Å². The van der Waals surface area contributed by atoms with Gasteiger partial charge in [0, 0.05) is 13.0 Å². The molecule has 1 heterocycles. The van der Waals surface area contributed by atoms with E-state index in [0.29, 0.717) is 19.6 Å². The van der Waals surface area contributed by atoms with Crippen molar-refractivity contribution in [3.05, 3.63) is 0 Å². The summed E-state index contributed by atoms with van der Waals surface area (Å²) in [5, 5.41) is 9.15. The van der Waals surface area contributed by atoms with E-state index in [9.17, 15) is 0 Å². The number of rotatable bonds is 2. The van der Waals surface area contributed by atoms with Crippen molar-refractivity contribution in [1.82, 2.24) is 0 Å². The van der Waals surface area contributed by atoms with Crippen molar-refractivity contribution in [2.24, 2.45) is 27.2 Å². The lowest BCUT2D eigenvalue weighted by Gasteiger charge is -2.18. The minimum Gasteiger partial charge on any atom is -0.394 e. The summed E-state index contributed by atoms with van der Waals surface area (Å²) in [6.07, 6.45) is 0.615. The molecule has 7 heteroatoms. The van der Waals surface area contributed by atoms with Crippen LogP contribution in [0.2, 0.25) is 0 Å². The predicted molar refractivity (Wildman–Crippen MR) is 52.7 cm³/mol. The Morgan fingerprint density at radius 3 is 2.57 bits per heavy atom. The quantitative estimate of drug-likeness (QED) is 0.295. The van der Waals surface area contributed by atoms with Crippen LogP contribution in [0.4, 0.5) is 0 Å². The van der Waals surface area contributed by atoms with Gasteiger partial charge in [0.05, 0.1) is 13.2 Å². The molecule has 0 amide bonds. The molecule has 80 valence electrons. The van der Waals surface area contributed by atoms with Gasteiger partial charge in [0.2, 0.25) is 5.96 Å². The summed E-state index contributed by atoms with van der Waals surface area (Å²) in [6, 6.07) is 0. The Kier molecular flexibility index (Phi) is 3.26. The number of aliphatic imine (C=N–C) groups is 2. The van der Waals surface area contributed by atoms with Crippen LogP contribution in [0.1, 0.15) is 6.42 Å². The minimum atomic E-state index is -0.678. The molecule has 0 aromatic carbocycles. The van der Waals surface area contributed by atoms with E-state index in [-0.39, 0.29) is 18.5 Å². The van der Waals surface area contributed by atoms with E-state index in [2.05, 4.69) is 9.98 Å². The third-order valence-electron chi connectivity index (χ3n) is 1.97. The van der Waals surface area contributed by atoms with Crippen LogP contribution in [-0.2, 0) is 4.74 Å². The molecule has 1 rings (SSSR count). The van der Waals surface area contributed by atoms with Crippen molar-refractivity contribution in [1.29, 1.82) is 0 Å². The number of nitrogens with two attached hydrogens (primary N) is 3. The molecule has 0 aromatic rings. The molecule has 1 atom stereocenters. The van der Waals surface area contributed by atoms with Crippen LogP contribution in [0, 0.1) is 0 Å². The maximum atomic E-state index is 9.15. The number of aliphatic hydroxyl groups is 1. The second-order valence-corrected chi connectivity index (χ2v) is 3.19. The van der Waals surface area contributed by atoms with Crippen molar-refractivity contribution < 1.29 is 9.84 Å². The SMILES string of the molecule is NC(N)=NC(N)=NC1(CO)CCOC1. The van der Waals surface area contributed by atoms with Gasteiger partial charge in [-0.05, 0) is 0 Å². The van der Waals surface area contributed by atoms with Gasteiger partial charge in [0.1, 0.15) is 5.54 Å². The smallest absolute Gasteiger partial charge is 0.219 e. The van der Waals surface area contributed by atoms with Crippen molar-refractivity contribution in [2.75, 3.05) is 19.8 Å². The van der Waals surface area contributed by atoms with Gasteiger partial charge in [-0.15, -0.1) is 0 Å². The molecule has 1 unspecified atom stereocenters. The molecule has 1 aliphatic heterocycles. The Hall–Kier alpha value is -1.34. The molecule has 7 N–H and O–H groups in total. The van der Waals surface area contributed by atoms with Gasteiger partial charge in [0.25, 0.3) is 0 Å². The molecule has 0 spiro atoms. The molecule has 0 saturated carbocycles. The first-order valence-corrected chi connectivity index (χ1v) is 4.21. The average molecular weight is 201 g/mol. The number of hydrogen-bond donors (Lipinski definition) is 4. The predicted octanol–water partition coefficient (Wildman–Crippen LogP) is -2.27. The van der Waals surface area contributed by atoms with Gasteiger partial charge < -0.3 is 27.0 Å². The Morgan fingerprint density at radius 1 is 1.43 bits per heavy atom. The zero-order valence-electron chi connectivity index (χ0n) is 7.81. The van der Waals surface area contributed by atoms with E-state index in [1.165, 1.54) is 0 Å². The molecule has 0 bridgehead atoms. The monoisotopic (exact) mass is 201 g/mol. The van der Waals surface area contributed by atoms with Crippen LogP contribution < -0.4 is 17.2 Å². The molecule has 14 heavy (non-hydrogen) atoms. The van der Waals surface area contributed by atoms with Crippen molar-refractivity contribution in [2.45, 2.75) is 12.0 Å². The van der Waals surface area contributed by atoms with Crippen LogP contribution in [-0.4, -0.2) is 42.4 Å². The molecule has 0 radical (unpaired) electrons. The third kappa shape index (κ3) is 2.57. The van der Waals surface area contributed by atoms with Crippen molar-refractivity contribution in [3.8, 4) is 0 Å². The van der Waals surface area contributed by atoms with E-state index >= 15 is 0 Å². The number of aliphatic hydroxyl groups excluding tert-OH is 1. The molecule has 0 aromatic heterocycles. The second kappa shape index (κ2) is 4.25. The molecule has 1 saturated heterocycles. The summed E-state index contributed by atoms with van der Waals surface area (Å²) in [5.41, 5.74) is 15.0. The standard InChI is InChI=1S/C7H15N5O2/c8-5(9)11-6(10)12-7(3-13)1-2-14-4-7/h13H,1-4H2,(H6,8,9,10,11,12). The van der Waals surface area contributed by atoms with E-state index < -0.39 is 5.54 Å². The second-order valence-electron chi connectivity index (χ2n) is 3.19. The summed E-state index contributed by atoms with van der Waals surface area (Å²) < 4.78 is 5.12. The lowest BCUT2D eigenvalue weighted by Crippen LogP contribution is -2.35. The van der Waals surface area contributed by atoms with Crippen LogP contribution in [0.3, 0.4) is 0 Å². The van der Waals surface area contributed by atoms with Gasteiger partial charge in [-0.25, -0.2) is 4.99 Å². The summed E-state index contributed by atoms with van der Waals surface area (Å²) in [7, 11) is 0. The summed E-state index contributed by atoms with van der Waals surface area (Å²) in [4.78, 5) is 7.61. The number of hydrogen-bond acceptors (Lipinski definition) is 3. The summed E-state index contributed by atoms with van der Waals surface area (Å²) in [5.74, 6) is -0.192. The molecule has 7 nitrogen and oxygen atoms in total. The lowest BCUT2D eigenvalue weighted by atomic mass is 10.0. The number of ether oxygens (including phenoxy) is 1. The Labute approximate surface area is 81.6 Å². The highest BCUT2D eigenvalue weighted by atomic mass is 16.5. The Morgan fingerprint density at radius 2 is 2.14 bits per heavy atom. The van der Waals surface area contributed by atoms with Crippen LogP contribution in [0.25, 0.3) is 0 Å². The molecular weight excluding hydrogens is 186 g/mol. The highest BCUT2D eigenvalue weighted by molar-refractivity contribution is 5.92. The fraction of sp³-hybridized carbons (Fsp3) is 0.714. The first kappa shape index (κ1) is 10.7. The van der Waals surface area contributed by atoms with Gasteiger partial charge in [-0.2, -0.15) is 4.99 Å². The van der Waals surface area contributed by atoms with Gasteiger partial charge >= 0.3 is 0 Å². The number of nitrogens with zero attached hydrogens (tertiary/aromatic N) is 2. The largest absolute Gasteiger partial charge is 0.394 e.